The van der Waals surface area contributed by atoms with Crippen molar-refractivity contribution in [2.75, 3.05) is 26.3 Å². The van der Waals surface area contributed by atoms with E-state index >= 15 is 0 Å². The topological polar surface area (TPSA) is 93.8 Å². The van der Waals surface area contributed by atoms with Crippen LogP contribution < -0.4 is 20.5 Å². The Labute approximate surface area is 147 Å². The lowest BCUT2D eigenvalue weighted by molar-refractivity contribution is 0.1000. The van der Waals surface area contributed by atoms with Crippen LogP contribution in [0.25, 0.3) is 0 Å². The van der Waals surface area contributed by atoms with Gasteiger partial charge >= 0.3 is 0 Å². The SMILES string of the molecule is Cc1cccc(OC[C@@H](O)CNCCOc2ccc(C(N)=O)cc2)c1. The van der Waals surface area contributed by atoms with Gasteiger partial charge in [-0.05, 0) is 48.9 Å². The zero-order valence-electron chi connectivity index (χ0n) is 14.3. The van der Waals surface area contributed by atoms with Crippen molar-refractivity contribution >= 4 is 5.91 Å². The van der Waals surface area contributed by atoms with E-state index in [1.54, 1.807) is 24.3 Å². The summed E-state index contributed by atoms with van der Waals surface area (Å²) in [6, 6.07) is 14.3. The first-order valence-corrected chi connectivity index (χ1v) is 8.15. The van der Waals surface area contributed by atoms with Gasteiger partial charge in [-0.25, -0.2) is 0 Å². The minimum atomic E-state index is -0.602. The number of primary amides is 1. The fraction of sp³-hybridized carbons (Fsp3) is 0.316. The molecule has 1 amide bonds. The normalized spacial score (nSPS) is 11.8. The Morgan fingerprint density at radius 1 is 1.16 bits per heavy atom. The van der Waals surface area contributed by atoms with Crippen LogP contribution >= 0.6 is 0 Å². The quantitative estimate of drug-likeness (QED) is 0.568. The molecule has 2 aromatic rings. The van der Waals surface area contributed by atoms with Gasteiger partial charge in [0.05, 0.1) is 0 Å². The minimum Gasteiger partial charge on any atom is -0.492 e. The number of carbonyl (C=O) groups excluding carboxylic acids is 1. The highest BCUT2D eigenvalue weighted by atomic mass is 16.5. The van der Waals surface area contributed by atoms with E-state index in [9.17, 15) is 9.90 Å². The molecule has 0 bridgehead atoms. The summed E-state index contributed by atoms with van der Waals surface area (Å²) < 4.78 is 11.1. The van der Waals surface area contributed by atoms with Crippen LogP contribution in [-0.4, -0.2) is 43.4 Å². The highest BCUT2D eigenvalue weighted by Gasteiger charge is 2.05. The lowest BCUT2D eigenvalue weighted by atomic mass is 10.2. The number of hydrogen-bond donors (Lipinski definition) is 3. The van der Waals surface area contributed by atoms with E-state index in [-0.39, 0.29) is 6.61 Å². The number of ether oxygens (including phenoxy) is 2. The van der Waals surface area contributed by atoms with E-state index in [0.29, 0.717) is 31.0 Å². The monoisotopic (exact) mass is 344 g/mol. The smallest absolute Gasteiger partial charge is 0.248 e. The molecule has 0 heterocycles. The van der Waals surface area contributed by atoms with E-state index in [2.05, 4.69) is 5.32 Å². The first-order chi connectivity index (χ1) is 12.0. The minimum absolute atomic E-state index is 0.228. The van der Waals surface area contributed by atoms with Gasteiger partial charge in [-0.2, -0.15) is 0 Å². The van der Waals surface area contributed by atoms with E-state index in [4.69, 9.17) is 15.2 Å². The molecule has 0 aliphatic rings. The molecule has 6 heteroatoms. The summed E-state index contributed by atoms with van der Waals surface area (Å²) in [5.41, 5.74) is 6.74. The summed E-state index contributed by atoms with van der Waals surface area (Å²) in [6.45, 7) is 3.66. The first-order valence-electron chi connectivity index (χ1n) is 8.15. The molecule has 0 aromatic heterocycles. The van der Waals surface area contributed by atoms with Gasteiger partial charge in [0, 0.05) is 18.7 Å². The van der Waals surface area contributed by atoms with E-state index < -0.39 is 12.0 Å². The number of aliphatic hydroxyl groups is 1. The van der Waals surface area contributed by atoms with Gasteiger partial charge in [-0.15, -0.1) is 0 Å². The third kappa shape index (κ3) is 6.82. The maximum absolute atomic E-state index is 11.0. The Morgan fingerprint density at radius 2 is 1.92 bits per heavy atom. The molecule has 0 fully saturated rings. The molecular weight excluding hydrogens is 320 g/mol. The number of nitrogens with one attached hydrogen (secondary N) is 1. The highest BCUT2D eigenvalue weighted by molar-refractivity contribution is 5.92. The lowest BCUT2D eigenvalue weighted by Crippen LogP contribution is -2.33. The highest BCUT2D eigenvalue weighted by Crippen LogP contribution is 2.13. The Kier molecular flexibility index (Phi) is 7.25. The molecule has 0 aliphatic carbocycles. The van der Waals surface area contributed by atoms with Crippen molar-refractivity contribution in [2.45, 2.75) is 13.0 Å². The van der Waals surface area contributed by atoms with Crippen LogP contribution in [-0.2, 0) is 0 Å². The molecule has 134 valence electrons. The molecule has 6 nitrogen and oxygen atoms in total. The number of aryl methyl sites for hydroxylation is 1. The molecule has 1 atom stereocenters. The van der Waals surface area contributed by atoms with Crippen LogP contribution in [0.15, 0.2) is 48.5 Å². The van der Waals surface area contributed by atoms with Gasteiger partial charge in [-0.3, -0.25) is 4.79 Å². The number of benzene rings is 2. The van der Waals surface area contributed by atoms with Crippen molar-refractivity contribution < 1.29 is 19.4 Å². The number of amides is 1. The predicted octanol–water partition coefficient (Wildman–Crippen LogP) is 1.50. The Balaban J connectivity index is 1.58. The summed E-state index contributed by atoms with van der Waals surface area (Å²) in [5.74, 6) is 0.951. The number of nitrogens with two attached hydrogens (primary N) is 1. The molecule has 0 unspecified atom stereocenters. The van der Waals surface area contributed by atoms with Crippen LogP contribution in [0, 0.1) is 6.92 Å². The summed E-state index contributed by atoms with van der Waals surface area (Å²) in [4.78, 5) is 11.0. The van der Waals surface area contributed by atoms with E-state index in [0.717, 1.165) is 11.3 Å². The van der Waals surface area contributed by atoms with Crippen LogP contribution in [0.1, 0.15) is 15.9 Å². The van der Waals surface area contributed by atoms with Crippen molar-refractivity contribution in [1.29, 1.82) is 0 Å². The maximum Gasteiger partial charge on any atom is 0.248 e. The largest absolute Gasteiger partial charge is 0.492 e. The van der Waals surface area contributed by atoms with Crippen LogP contribution in [0.3, 0.4) is 0 Å². The molecular formula is C19H24N2O4. The van der Waals surface area contributed by atoms with E-state index in [1.807, 2.05) is 31.2 Å². The molecule has 2 rings (SSSR count). The third-order valence-corrected chi connectivity index (χ3v) is 3.50. The van der Waals surface area contributed by atoms with Crippen LogP contribution in [0.2, 0.25) is 0 Å². The first kappa shape index (κ1) is 18.8. The van der Waals surface area contributed by atoms with Crippen LogP contribution in [0.4, 0.5) is 0 Å². The number of rotatable bonds is 10. The average molecular weight is 344 g/mol. The molecule has 2 aromatic carbocycles. The van der Waals surface area contributed by atoms with Crippen LogP contribution in [0.5, 0.6) is 11.5 Å². The Bertz CT molecular complexity index is 673. The summed E-state index contributed by atoms with van der Waals surface area (Å²) >= 11 is 0. The van der Waals surface area contributed by atoms with Gasteiger partial charge in [0.1, 0.15) is 30.8 Å². The fourth-order valence-electron chi connectivity index (χ4n) is 2.18. The van der Waals surface area contributed by atoms with Crippen molar-refractivity contribution in [2.24, 2.45) is 5.73 Å². The molecule has 4 N–H and O–H groups in total. The zero-order chi connectivity index (χ0) is 18.1. The summed E-state index contributed by atoms with van der Waals surface area (Å²) in [5, 5.41) is 13.0. The number of carbonyl (C=O) groups is 1. The van der Waals surface area contributed by atoms with Gasteiger partial charge in [0.2, 0.25) is 5.91 Å². The van der Waals surface area contributed by atoms with Gasteiger partial charge in [0.15, 0.2) is 0 Å². The van der Waals surface area contributed by atoms with Crippen molar-refractivity contribution in [3.8, 4) is 11.5 Å². The lowest BCUT2D eigenvalue weighted by Gasteiger charge is -2.14. The molecule has 0 radical (unpaired) electrons. The summed E-state index contributed by atoms with van der Waals surface area (Å²) in [7, 11) is 0. The molecule has 0 spiro atoms. The van der Waals surface area contributed by atoms with Gasteiger partial charge in [-0.1, -0.05) is 12.1 Å². The van der Waals surface area contributed by atoms with E-state index in [1.165, 1.54) is 0 Å². The van der Waals surface area contributed by atoms with Crippen molar-refractivity contribution in [3.05, 3.63) is 59.7 Å². The third-order valence-electron chi connectivity index (χ3n) is 3.50. The average Bonchev–Trinajstić information content (AvgIpc) is 2.60. The van der Waals surface area contributed by atoms with Gasteiger partial charge < -0.3 is 25.6 Å². The van der Waals surface area contributed by atoms with Crippen molar-refractivity contribution in [3.63, 3.8) is 0 Å². The second kappa shape index (κ2) is 9.66. The van der Waals surface area contributed by atoms with Gasteiger partial charge in [0.25, 0.3) is 0 Å². The maximum atomic E-state index is 11.0. The predicted molar refractivity (Wildman–Crippen MR) is 96.0 cm³/mol. The molecule has 0 saturated carbocycles. The van der Waals surface area contributed by atoms with Crippen molar-refractivity contribution in [1.82, 2.24) is 5.32 Å². The fourth-order valence-corrected chi connectivity index (χ4v) is 2.18. The zero-order valence-corrected chi connectivity index (χ0v) is 14.3. The summed E-state index contributed by atoms with van der Waals surface area (Å²) in [6.07, 6.45) is -0.602. The molecule has 0 saturated heterocycles. The molecule has 25 heavy (non-hydrogen) atoms. The number of hydrogen-bond acceptors (Lipinski definition) is 5. The number of aliphatic hydroxyl groups excluding tert-OH is 1. The second-order valence-corrected chi connectivity index (χ2v) is 5.72. The Hall–Kier alpha value is -2.57. The standard InChI is InChI=1S/C19H24N2O4/c1-14-3-2-4-18(11-14)25-13-16(22)12-21-9-10-24-17-7-5-15(6-8-17)19(20)23/h2-8,11,16,21-22H,9-10,12-13H2,1H3,(H2,20,23)/t16-/m0/s1. The second-order valence-electron chi connectivity index (χ2n) is 5.72. The Morgan fingerprint density at radius 3 is 2.60 bits per heavy atom. The molecule has 0 aliphatic heterocycles.